The van der Waals surface area contributed by atoms with Gasteiger partial charge in [0.05, 0.1) is 12.2 Å². The topological polar surface area (TPSA) is 94.5 Å². The van der Waals surface area contributed by atoms with Gasteiger partial charge in [0.15, 0.2) is 5.65 Å². The molecule has 2 amide bonds. The van der Waals surface area contributed by atoms with Crippen LogP contribution in [-0.2, 0) is 0 Å². The number of hydrogen-bond acceptors (Lipinski definition) is 4. The fraction of sp³-hybridized carbons (Fsp3) is 0.350. The minimum Gasteiger partial charge on any atom is -0.484 e. The van der Waals surface area contributed by atoms with E-state index in [0.29, 0.717) is 0 Å². The Hall–Kier alpha value is -3.09. The lowest BCUT2D eigenvalue weighted by Crippen LogP contribution is -2.36. The monoisotopic (exact) mass is 365 g/mol. The number of fused-ring (bicyclic) bond motifs is 2. The van der Waals surface area contributed by atoms with Gasteiger partial charge in [-0.05, 0) is 36.1 Å². The van der Waals surface area contributed by atoms with Crippen LogP contribution in [0.15, 0.2) is 42.6 Å². The number of urea groups is 1. The number of benzene rings is 1. The first-order valence-corrected chi connectivity index (χ1v) is 9.19. The fourth-order valence-electron chi connectivity index (χ4n) is 3.71. The Morgan fingerprint density at radius 3 is 2.70 bits per heavy atom. The molecule has 0 bridgehead atoms. The Labute approximate surface area is 157 Å². The molecule has 0 radical (unpaired) electrons. The number of ether oxygens (including phenoxy) is 1. The lowest BCUT2D eigenvalue weighted by molar-refractivity contribution is 0.171. The predicted octanol–water partition coefficient (Wildman–Crippen LogP) is 3.48. The number of hydrogen-bond donors (Lipinski definition) is 2. The zero-order chi connectivity index (χ0) is 19.0. The normalized spacial score (nSPS) is 19.1. The number of rotatable bonds is 4. The van der Waals surface area contributed by atoms with E-state index >= 15 is 0 Å². The van der Waals surface area contributed by atoms with E-state index in [2.05, 4.69) is 29.4 Å². The van der Waals surface area contributed by atoms with Crippen molar-refractivity contribution in [3.8, 4) is 5.75 Å². The molecule has 0 saturated heterocycles. The lowest BCUT2D eigenvalue weighted by atomic mass is 9.85. The second-order valence-corrected chi connectivity index (χ2v) is 7.18. The van der Waals surface area contributed by atoms with E-state index in [1.807, 2.05) is 47.0 Å². The van der Waals surface area contributed by atoms with Crippen LogP contribution >= 0.6 is 0 Å². The summed E-state index contributed by atoms with van der Waals surface area (Å²) < 4.78 is 8.31. The maximum Gasteiger partial charge on any atom is 0.312 e. The molecule has 27 heavy (non-hydrogen) atoms. The summed E-state index contributed by atoms with van der Waals surface area (Å²) in [6.45, 7) is 4.18. The number of aromatic nitrogens is 3. The van der Waals surface area contributed by atoms with Gasteiger partial charge < -0.3 is 15.8 Å². The number of nitrogens with one attached hydrogen (secondary N) is 1. The van der Waals surface area contributed by atoms with Crippen LogP contribution in [-0.4, -0.2) is 20.6 Å². The molecule has 0 aliphatic heterocycles. The summed E-state index contributed by atoms with van der Waals surface area (Å²) in [5, 5.41) is 11.3. The molecule has 4 rings (SSSR count). The third-order valence-electron chi connectivity index (χ3n) is 4.95. The van der Waals surface area contributed by atoms with Gasteiger partial charge in [-0.1, -0.05) is 38.1 Å². The molecule has 140 valence electrons. The zero-order valence-corrected chi connectivity index (χ0v) is 15.4. The van der Waals surface area contributed by atoms with Gasteiger partial charge >= 0.3 is 6.03 Å². The molecule has 3 N–H and O–H groups in total. The number of pyridine rings is 1. The van der Waals surface area contributed by atoms with Crippen LogP contribution in [0.1, 0.15) is 61.7 Å². The molecular formula is C20H23N5O2. The second kappa shape index (κ2) is 6.90. The molecular weight excluding hydrogens is 342 g/mol. The van der Waals surface area contributed by atoms with Crippen LogP contribution in [0.25, 0.3) is 5.65 Å². The van der Waals surface area contributed by atoms with Gasteiger partial charge in [-0.25, -0.2) is 4.79 Å². The SMILES string of the molecule is CC(C)c1nnc2ccc(O[C@H]3CC[C@H](NC(N)=O)c4ccccc43)cn12. The molecule has 2 heterocycles. The molecule has 3 aromatic rings. The molecule has 0 unspecified atom stereocenters. The number of primary amides is 1. The highest BCUT2D eigenvalue weighted by Gasteiger charge is 2.29. The number of amides is 2. The van der Waals surface area contributed by atoms with Crippen LogP contribution in [0.4, 0.5) is 4.79 Å². The van der Waals surface area contributed by atoms with E-state index in [0.717, 1.165) is 41.2 Å². The Morgan fingerprint density at radius 1 is 1.19 bits per heavy atom. The standard InChI is InChI=1S/C20H23N5O2/c1-12(2)19-24-23-18-10-7-13(11-25(18)19)27-17-9-8-16(22-20(21)26)14-5-3-4-6-15(14)17/h3-7,10-12,16-17H,8-9H2,1-2H3,(H3,21,22,26)/t16-,17-/m0/s1. The summed E-state index contributed by atoms with van der Waals surface area (Å²) in [5.74, 6) is 1.95. The molecule has 7 heteroatoms. The fourth-order valence-corrected chi connectivity index (χ4v) is 3.71. The van der Waals surface area contributed by atoms with Crippen molar-refractivity contribution >= 4 is 11.7 Å². The molecule has 0 saturated carbocycles. The van der Waals surface area contributed by atoms with E-state index in [1.54, 1.807) is 0 Å². The highest BCUT2D eigenvalue weighted by Crippen LogP contribution is 2.38. The van der Waals surface area contributed by atoms with Crippen molar-refractivity contribution in [1.82, 2.24) is 19.9 Å². The van der Waals surface area contributed by atoms with Crippen molar-refractivity contribution < 1.29 is 9.53 Å². The number of nitrogens with zero attached hydrogens (tertiary/aromatic N) is 3. The van der Waals surface area contributed by atoms with Gasteiger partial charge in [0.1, 0.15) is 17.7 Å². The highest BCUT2D eigenvalue weighted by molar-refractivity contribution is 5.72. The molecule has 7 nitrogen and oxygen atoms in total. The predicted molar refractivity (Wildman–Crippen MR) is 102 cm³/mol. The van der Waals surface area contributed by atoms with Crippen LogP contribution < -0.4 is 15.8 Å². The number of carbonyl (C=O) groups excluding carboxylic acids is 1. The van der Waals surface area contributed by atoms with Crippen molar-refractivity contribution in [3.05, 3.63) is 59.5 Å². The first-order valence-electron chi connectivity index (χ1n) is 9.19. The molecule has 1 aliphatic carbocycles. The number of carbonyl (C=O) groups is 1. The summed E-state index contributed by atoms with van der Waals surface area (Å²) >= 11 is 0. The van der Waals surface area contributed by atoms with Gasteiger partial charge in [0, 0.05) is 5.92 Å². The Kier molecular flexibility index (Phi) is 4.43. The first kappa shape index (κ1) is 17.3. The average molecular weight is 365 g/mol. The largest absolute Gasteiger partial charge is 0.484 e. The zero-order valence-electron chi connectivity index (χ0n) is 15.4. The third kappa shape index (κ3) is 3.32. The van der Waals surface area contributed by atoms with Crippen molar-refractivity contribution in [1.29, 1.82) is 0 Å². The van der Waals surface area contributed by atoms with Crippen molar-refractivity contribution in [2.24, 2.45) is 5.73 Å². The van der Waals surface area contributed by atoms with E-state index in [-0.39, 0.29) is 18.1 Å². The molecule has 1 aromatic carbocycles. The second-order valence-electron chi connectivity index (χ2n) is 7.18. The number of nitrogens with two attached hydrogens (primary N) is 1. The Balaban J connectivity index is 1.63. The van der Waals surface area contributed by atoms with E-state index in [9.17, 15) is 4.79 Å². The smallest absolute Gasteiger partial charge is 0.312 e. The molecule has 2 atom stereocenters. The highest BCUT2D eigenvalue weighted by atomic mass is 16.5. The summed E-state index contributed by atoms with van der Waals surface area (Å²) in [7, 11) is 0. The first-order chi connectivity index (χ1) is 13.0. The molecule has 1 aliphatic rings. The molecule has 2 aromatic heterocycles. The minimum atomic E-state index is -0.506. The third-order valence-corrected chi connectivity index (χ3v) is 4.95. The maximum atomic E-state index is 11.3. The van der Waals surface area contributed by atoms with E-state index in [4.69, 9.17) is 10.5 Å². The molecule has 0 spiro atoms. The quantitative estimate of drug-likeness (QED) is 0.740. The van der Waals surface area contributed by atoms with E-state index in [1.165, 1.54) is 0 Å². The minimum absolute atomic E-state index is 0.0774. The van der Waals surface area contributed by atoms with Crippen LogP contribution in [0.5, 0.6) is 5.75 Å². The van der Waals surface area contributed by atoms with E-state index < -0.39 is 6.03 Å². The Bertz CT molecular complexity index is 981. The molecule has 0 fully saturated rings. The summed E-state index contributed by atoms with van der Waals surface area (Å²) in [6, 6.07) is 11.3. The van der Waals surface area contributed by atoms with Gasteiger partial charge in [0.2, 0.25) is 0 Å². The van der Waals surface area contributed by atoms with Crippen LogP contribution in [0.2, 0.25) is 0 Å². The van der Waals surface area contributed by atoms with Crippen LogP contribution in [0, 0.1) is 0 Å². The average Bonchev–Trinajstić information content (AvgIpc) is 3.07. The maximum absolute atomic E-state index is 11.3. The van der Waals surface area contributed by atoms with Crippen LogP contribution in [0.3, 0.4) is 0 Å². The summed E-state index contributed by atoms with van der Waals surface area (Å²) in [6.07, 6.45) is 3.43. The van der Waals surface area contributed by atoms with Crippen molar-refractivity contribution in [2.75, 3.05) is 0 Å². The van der Waals surface area contributed by atoms with Crippen molar-refractivity contribution in [3.63, 3.8) is 0 Å². The van der Waals surface area contributed by atoms with Gasteiger partial charge in [-0.15, -0.1) is 10.2 Å². The summed E-state index contributed by atoms with van der Waals surface area (Å²) in [5.41, 5.74) is 8.27. The van der Waals surface area contributed by atoms with Gasteiger partial charge in [0.25, 0.3) is 0 Å². The van der Waals surface area contributed by atoms with Gasteiger partial charge in [-0.2, -0.15) is 0 Å². The van der Waals surface area contributed by atoms with Gasteiger partial charge in [-0.3, -0.25) is 4.40 Å². The summed E-state index contributed by atoms with van der Waals surface area (Å²) in [4.78, 5) is 11.3. The lowest BCUT2D eigenvalue weighted by Gasteiger charge is -2.32. The van der Waals surface area contributed by atoms with Crippen molar-refractivity contribution in [2.45, 2.75) is 44.8 Å². The Morgan fingerprint density at radius 2 is 1.96 bits per heavy atom.